The molecule has 0 spiro atoms. The number of aryl methyl sites for hydroxylation is 1. The van der Waals surface area contributed by atoms with Crippen molar-refractivity contribution in [2.45, 2.75) is 0 Å². The van der Waals surface area contributed by atoms with Crippen molar-refractivity contribution >= 4 is 17.3 Å². The van der Waals surface area contributed by atoms with Crippen LogP contribution in [0.2, 0.25) is 0 Å². The van der Waals surface area contributed by atoms with Crippen LogP contribution in [0.1, 0.15) is 0 Å². The summed E-state index contributed by atoms with van der Waals surface area (Å²) in [6.07, 6.45) is 3.05. The lowest BCUT2D eigenvalue weighted by Gasteiger charge is -2.03. The first-order valence-electron chi connectivity index (χ1n) is 4.26. The number of nitrogen functional groups attached to an aromatic ring is 1. The van der Waals surface area contributed by atoms with Gasteiger partial charge >= 0.3 is 0 Å². The Labute approximate surface area is 85.0 Å². The second-order valence-corrected chi connectivity index (χ2v) is 2.99. The van der Waals surface area contributed by atoms with E-state index in [9.17, 15) is 4.79 Å². The largest absolute Gasteiger partial charge is 0.391 e. The predicted molar refractivity (Wildman–Crippen MR) is 55.8 cm³/mol. The highest BCUT2D eigenvalue weighted by Gasteiger charge is 2.05. The topological polar surface area (TPSA) is 102 Å². The van der Waals surface area contributed by atoms with Gasteiger partial charge in [-0.15, -0.1) is 0 Å². The van der Waals surface area contributed by atoms with Crippen molar-refractivity contribution in [3.8, 4) is 0 Å². The van der Waals surface area contributed by atoms with Crippen LogP contribution in [0.25, 0.3) is 0 Å². The number of nitrogens with zero attached hydrogens (tertiary/aromatic N) is 3. The summed E-state index contributed by atoms with van der Waals surface area (Å²) in [7, 11) is 1.79. The lowest BCUT2D eigenvalue weighted by atomic mass is 10.4. The van der Waals surface area contributed by atoms with Crippen molar-refractivity contribution in [1.82, 2.24) is 19.7 Å². The van der Waals surface area contributed by atoms with Gasteiger partial charge < -0.3 is 16.0 Å². The van der Waals surface area contributed by atoms with Crippen molar-refractivity contribution in [2.75, 3.05) is 11.1 Å². The van der Waals surface area contributed by atoms with Crippen LogP contribution in [0.4, 0.5) is 17.3 Å². The number of anilines is 3. The maximum atomic E-state index is 11.1. The third-order valence-electron chi connectivity index (χ3n) is 1.85. The Morgan fingerprint density at radius 3 is 3.07 bits per heavy atom. The van der Waals surface area contributed by atoms with Crippen LogP contribution in [0.5, 0.6) is 0 Å². The highest BCUT2D eigenvalue weighted by molar-refractivity contribution is 5.65. The molecule has 0 saturated heterocycles. The molecule has 4 N–H and O–H groups in total. The Bertz CT molecular complexity index is 528. The Morgan fingerprint density at radius 2 is 2.40 bits per heavy atom. The fourth-order valence-corrected chi connectivity index (χ4v) is 1.11. The summed E-state index contributed by atoms with van der Waals surface area (Å²) in [6.45, 7) is 0. The van der Waals surface area contributed by atoms with Crippen LogP contribution in [-0.2, 0) is 7.05 Å². The first-order chi connectivity index (χ1) is 7.16. The average Bonchev–Trinajstić information content (AvgIpc) is 2.59. The number of hydrogen-bond donors (Lipinski definition) is 3. The van der Waals surface area contributed by atoms with Crippen molar-refractivity contribution in [3.63, 3.8) is 0 Å². The van der Waals surface area contributed by atoms with Crippen LogP contribution in [0.15, 0.2) is 23.4 Å². The number of nitrogens with two attached hydrogens (primary N) is 1. The van der Waals surface area contributed by atoms with Crippen LogP contribution in [-0.4, -0.2) is 19.7 Å². The van der Waals surface area contributed by atoms with Crippen LogP contribution < -0.4 is 16.6 Å². The molecule has 0 radical (unpaired) electrons. The van der Waals surface area contributed by atoms with E-state index in [-0.39, 0.29) is 11.2 Å². The van der Waals surface area contributed by atoms with E-state index in [4.69, 9.17) is 5.73 Å². The van der Waals surface area contributed by atoms with Gasteiger partial charge in [-0.1, -0.05) is 0 Å². The van der Waals surface area contributed by atoms with Crippen molar-refractivity contribution in [3.05, 3.63) is 28.9 Å². The molecule has 0 saturated carbocycles. The molecule has 0 aliphatic heterocycles. The Kier molecular flexibility index (Phi) is 2.13. The molecular formula is C8H10N6O. The molecule has 0 aromatic carbocycles. The van der Waals surface area contributed by atoms with Gasteiger partial charge in [0.05, 0.1) is 6.33 Å². The first kappa shape index (κ1) is 9.25. The van der Waals surface area contributed by atoms with E-state index in [0.29, 0.717) is 11.6 Å². The van der Waals surface area contributed by atoms with Crippen molar-refractivity contribution in [1.29, 1.82) is 0 Å². The van der Waals surface area contributed by atoms with E-state index in [1.54, 1.807) is 24.0 Å². The molecule has 0 unspecified atom stereocenters. The number of hydrogen-bond acceptors (Lipinski definition) is 5. The van der Waals surface area contributed by atoms with Gasteiger partial charge in [-0.3, -0.25) is 9.48 Å². The Morgan fingerprint density at radius 1 is 1.60 bits per heavy atom. The van der Waals surface area contributed by atoms with Gasteiger partial charge in [-0.2, -0.15) is 5.10 Å². The molecule has 15 heavy (non-hydrogen) atoms. The molecule has 0 aliphatic rings. The molecule has 2 aromatic heterocycles. The van der Waals surface area contributed by atoms with Crippen LogP contribution in [0.3, 0.4) is 0 Å². The monoisotopic (exact) mass is 206 g/mol. The van der Waals surface area contributed by atoms with Gasteiger partial charge in [0.2, 0.25) is 0 Å². The Hall–Kier alpha value is -2.31. The van der Waals surface area contributed by atoms with E-state index < -0.39 is 0 Å². The van der Waals surface area contributed by atoms with Gasteiger partial charge in [0.15, 0.2) is 11.6 Å². The second-order valence-electron chi connectivity index (χ2n) is 2.99. The number of rotatable bonds is 2. The maximum absolute atomic E-state index is 11.1. The van der Waals surface area contributed by atoms with Crippen molar-refractivity contribution < 1.29 is 0 Å². The standard InChI is InChI=1S/C8H10N6O/c1-14-3-2-5(13-14)12-7-6(9)8(15)11-4-10-7/h2-4H,9H2,1H3,(H2,10,11,12,13,15). The van der Waals surface area contributed by atoms with Gasteiger partial charge in [-0.25, -0.2) is 4.98 Å². The summed E-state index contributed by atoms with van der Waals surface area (Å²) in [6, 6.07) is 1.75. The molecular weight excluding hydrogens is 196 g/mol. The minimum absolute atomic E-state index is 0.0446. The molecule has 7 heteroatoms. The van der Waals surface area contributed by atoms with Gasteiger partial charge in [-0.05, 0) is 0 Å². The zero-order valence-electron chi connectivity index (χ0n) is 8.06. The highest BCUT2D eigenvalue weighted by Crippen LogP contribution is 2.14. The highest BCUT2D eigenvalue weighted by atomic mass is 16.1. The first-order valence-corrected chi connectivity index (χ1v) is 4.26. The van der Waals surface area contributed by atoms with E-state index in [1.807, 2.05) is 0 Å². The molecule has 0 atom stereocenters. The molecule has 7 nitrogen and oxygen atoms in total. The smallest absolute Gasteiger partial charge is 0.276 e. The summed E-state index contributed by atoms with van der Waals surface area (Å²) >= 11 is 0. The molecule has 0 fully saturated rings. The second kappa shape index (κ2) is 3.45. The van der Waals surface area contributed by atoms with E-state index in [1.165, 1.54) is 6.33 Å². The minimum Gasteiger partial charge on any atom is -0.391 e. The average molecular weight is 206 g/mol. The number of H-pyrrole nitrogens is 1. The summed E-state index contributed by atoms with van der Waals surface area (Å²) in [5.74, 6) is 0.889. The number of aromatic amines is 1. The maximum Gasteiger partial charge on any atom is 0.276 e. The van der Waals surface area contributed by atoms with Crippen LogP contribution in [0, 0.1) is 0 Å². The molecule has 0 bridgehead atoms. The molecule has 0 aliphatic carbocycles. The van der Waals surface area contributed by atoms with Gasteiger partial charge in [0.25, 0.3) is 5.56 Å². The van der Waals surface area contributed by atoms with Crippen molar-refractivity contribution in [2.24, 2.45) is 7.05 Å². The lowest BCUT2D eigenvalue weighted by Crippen LogP contribution is -2.14. The number of aromatic nitrogens is 4. The van der Waals surface area contributed by atoms with Gasteiger partial charge in [0.1, 0.15) is 5.69 Å². The summed E-state index contributed by atoms with van der Waals surface area (Å²) < 4.78 is 1.63. The predicted octanol–water partition coefficient (Wildman–Crippen LogP) is -0.171. The molecule has 2 heterocycles. The lowest BCUT2D eigenvalue weighted by molar-refractivity contribution is 0.771. The fraction of sp³-hybridized carbons (Fsp3) is 0.125. The Balaban J connectivity index is 2.32. The fourth-order valence-electron chi connectivity index (χ4n) is 1.11. The zero-order chi connectivity index (χ0) is 10.8. The summed E-state index contributed by atoms with van der Waals surface area (Å²) in [4.78, 5) is 17.4. The summed E-state index contributed by atoms with van der Waals surface area (Å²) in [5.41, 5.74) is 5.21. The van der Waals surface area contributed by atoms with E-state index in [2.05, 4.69) is 20.4 Å². The third-order valence-corrected chi connectivity index (χ3v) is 1.85. The quantitative estimate of drug-likeness (QED) is 0.633. The van der Waals surface area contributed by atoms with E-state index in [0.717, 1.165) is 0 Å². The molecule has 0 amide bonds. The van der Waals surface area contributed by atoms with E-state index >= 15 is 0 Å². The summed E-state index contributed by atoms with van der Waals surface area (Å²) in [5, 5.41) is 6.92. The van der Waals surface area contributed by atoms with Crippen LogP contribution >= 0.6 is 0 Å². The van der Waals surface area contributed by atoms with Gasteiger partial charge in [0, 0.05) is 19.3 Å². The molecule has 2 rings (SSSR count). The molecule has 78 valence electrons. The SMILES string of the molecule is Cn1ccc(Nc2nc[nH]c(=O)c2N)n1. The minimum atomic E-state index is -0.372. The zero-order valence-corrected chi connectivity index (χ0v) is 8.06. The normalized spacial score (nSPS) is 10.2. The number of nitrogens with one attached hydrogen (secondary N) is 2. The molecule has 2 aromatic rings. The third kappa shape index (κ3) is 1.80.